The van der Waals surface area contributed by atoms with E-state index in [2.05, 4.69) is 34.0 Å². The number of amides is 1. The Morgan fingerprint density at radius 1 is 1.53 bits per heavy atom. The molecule has 1 aliphatic heterocycles. The van der Waals surface area contributed by atoms with Crippen molar-refractivity contribution in [2.75, 3.05) is 13.1 Å². The third-order valence-corrected chi connectivity index (χ3v) is 3.31. The Hall–Kier alpha value is -1.36. The molecule has 0 spiro atoms. The largest absolute Gasteiger partial charge is 0.347 e. The molecule has 94 valence electrons. The molecule has 1 aromatic rings. The molecule has 2 heterocycles. The van der Waals surface area contributed by atoms with Gasteiger partial charge in [-0.2, -0.15) is 0 Å². The zero-order chi connectivity index (χ0) is 12.3. The molecule has 1 aliphatic rings. The average Bonchev–Trinajstić information content (AvgIpc) is 2.83. The Balaban J connectivity index is 1.80. The van der Waals surface area contributed by atoms with E-state index in [4.69, 9.17) is 0 Å². The molecule has 0 saturated carbocycles. The van der Waals surface area contributed by atoms with Crippen molar-refractivity contribution >= 4 is 5.91 Å². The first-order chi connectivity index (χ1) is 8.16. The zero-order valence-corrected chi connectivity index (χ0v) is 10.4. The molecule has 2 rings (SSSR count). The fourth-order valence-corrected chi connectivity index (χ4v) is 2.20. The van der Waals surface area contributed by atoms with Crippen LogP contribution in [0.1, 0.15) is 37.3 Å². The van der Waals surface area contributed by atoms with Gasteiger partial charge in [0.15, 0.2) is 5.82 Å². The molecule has 0 radical (unpaired) electrons. The minimum absolute atomic E-state index is 0.0991. The summed E-state index contributed by atoms with van der Waals surface area (Å²) in [7, 11) is 0. The minimum Gasteiger partial charge on any atom is -0.347 e. The van der Waals surface area contributed by atoms with Crippen molar-refractivity contribution in [3.63, 3.8) is 0 Å². The number of piperidine rings is 1. The second-order valence-corrected chi connectivity index (χ2v) is 4.82. The van der Waals surface area contributed by atoms with Crippen molar-refractivity contribution < 1.29 is 4.79 Å². The summed E-state index contributed by atoms with van der Waals surface area (Å²) in [6.45, 7) is 6.53. The van der Waals surface area contributed by atoms with E-state index in [1.54, 1.807) is 12.4 Å². The highest BCUT2D eigenvalue weighted by Crippen LogP contribution is 2.13. The van der Waals surface area contributed by atoms with Gasteiger partial charge in [0.2, 0.25) is 0 Å². The third-order valence-electron chi connectivity index (χ3n) is 3.31. The lowest BCUT2D eigenvalue weighted by Gasteiger charge is -2.34. The molecule has 1 saturated heterocycles. The molecule has 0 unspecified atom stereocenters. The lowest BCUT2D eigenvalue weighted by molar-refractivity contribution is 0.0891. The summed E-state index contributed by atoms with van der Waals surface area (Å²) in [6, 6.07) is 0.874. The van der Waals surface area contributed by atoms with Crippen molar-refractivity contribution in [1.29, 1.82) is 0 Å². The standard InChI is InChI=1S/C12H20N4O/c1-9(2)16-7-3-10(4-8-16)15-12(17)11-13-5-6-14-11/h5-6,9-10H,3-4,7-8H2,1-2H3,(H,13,14)(H,15,17). The Bertz CT molecular complexity index is 353. The maximum Gasteiger partial charge on any atom is 0.287 e. The van der Waals surface area contributed by atoms with Crippen molar-refractivity contribution in [1.82, 2.24) is 20.2 Å². The molecule has 1 amide bonds. The fourth-order valence-electron chi connectivity index (χ4n) is 2.20. The van der Waals surface area contributed by atoms with Gasteiger partial charge in [0.05, 0.1) is 0 Å². The summed E-state index contributed by atoms with van der Waals surface area (Å²) >= 11 is 0. The number of carbonyl (C=O) groups excluding carboxylic acids is 1. The van der Waals surface area contributed by atoms with E-state index < -0.39 is 0 Å². The quantitative estimate of drug-likeness (QED) is 0.823. The number of hydrogen-bond donors (Lipinski definition) is 2. The molecule has 17 heavy (non-hydrogen) atoms. The van der Waals surface area contributed by atoms with Gasteiger partial charge in [-0.3, -0.25) is 4.79 Å². The smallest absolute Gasteiger partial charge is 0.287 e. The maximum atomic E-state index is 11.8. The van der Waals surface area contributed by atoms with Gasteiger partial charge in [0.25, 0.3) is 5.91 Å². The summed E-state index contributed by atoms with van der Waals surface area (Å²) < 4.78 is 0. The predicted molar refractivity (Wildman–Crippen MR) is 65.8 cm³/mol. The number of likely N-dealkylation sites (tertiary alicyclic amines) is 1. The van der Waals surface area contributed by atoms with Crippen molar-refractivity contribution in [3.05, 3.63) is 18.2 Å². The van der Waals surface area contributed by atoms with E-state index in [0.717, 1.165) is 25.9 Å². The summed E-state index contributed by atoms with van der Waals surface area (Å²) in [5, 5.41) is 3.02. The van der Waals surface area contributed by atoms with E-state index in [1.165, 1.54) is 0 Å². The van der Waals surface area contributed by atoms with Crippen LogP contribution in [0.4, 0.5) is 0 Å². The van der Waals surface area contributed by atoms with Gasteiger partial charge in [-0.05, 0) is 26.7 Å². The molecule has 5 nitrogen and oxygen atoms in total. The van der Waals surface area contributed by atoms with Crippen LogP contribution in [0.2, 0.25) is 0 Å². The number of H-pyrrole nitrogens is 1. The first-order valence-corrected chi connectivity index (χ1v) is 6.21. The van der Waals surface area contributed by atoms with Crippen LogP contribution in [0, 0.1) is 0 Å². The summed E-state index contributed by atoms with van der Waals surface area (Å²) in [5.41, 5.74) is 0. The summed E-state index contributed by atoms with van der Waals surface area (Å²) in [4.78, 5) is 21.0. The molecule has 0 aliphatic carbocycles. The highest BCUT2D eigenvalue weighted by Gasteiger charge is 2.22. The number of nitrogens with zero attached hydrogens (tertiary/aromatic N) is 2. The Morgan fingerprint density at radius 3 is 2.76 bits per heavy atom. The van der Waals surface area contributed by atoms with E-state index in [-0.39, 0.29) is 11.9 Å². The maximum absolute atomic E-state index is 11.8. The van der Waals surface area contributed by atoms with Crippen LogP contribution in [-0.4, -0.2) is 45.9 Å². The summed E-state index contributed by atoms with van der Waals surface area (Å²) in [5.74, 6) is 0.300. The first-order valence-electron chi connectivity index (χ1n) is 6.21. The zero-order valence-electron chi connectivity index (χ0n) is 10.4. The Morgan fingerprint density at radius 2 is 2.24 bits per heavy atom. The van der Waals surface area contributed by atoms with Gasteiger partial charge in [0, 0.05) is 37.6 Å². The highest BCUT2D eigenvalue weighted by atomic mass is 16.2. The Labute approximate surface area is 102 Å². The second kappa shape index (κ2) is 5.31. The van der Waals surface area contributed by atoms with E-state index in [0.29, 0.717) is 11.9 Å². The number of aromatic nitrogens is 2. The van der Waals surface area contributed by atoms with Gasteiger partial charge in [-0.1, -0.05) is 0 Å². The molecular weight excluding hydrogens is 216 g/mol. The molecule has 1 aromatic heterocycles. The molecule has 1 fully saturated rings. The topological polar surface area (TPSA) is 61.0 Å². The van der Waals surface area contributed by atoms with Crippen LogP contribution in [0.25, 0.3) is 0 Å². The first kappa shape index (κ1) is 12.1. The van der Waals surface area contributed by atoms with Crippen LogP contribution < -0.4 is 5.32 Å². The Kier molecular flexibility index (Phi) is 3.78. The highest BCUT2D eigenvalue weighted by molar-refractivity contribution is 5.90. The van der Waals surface area contributed by atoms with Gasteiger partial charge in [0.1, 0.15) is 0 Å². The molecule has 0 aromatic carbocycles. The monoisotopic (exact) mass is 236 g/mol. The molecule has 5 heteroatoms. The third kappa shape index (κ3) is 3.06. The molecule has 0 atom stereocenters. The number of carbonyl (C=O) groups is 1. The van der Waals surface area contributed by atoms with Crippen LogP contribution in [0.15, 0.2) is 12.4 Å². The molecular formula is C12H20N4O. The van der Waals surface area contributed by atoms with Crippen LogP contribution in [0.3, 0.4) is 0 Å². The van der Waals surface area contributed by atoms with Crippen LogP contribution in [0.5, 0.6) is 0 Å². The van der Waals surface area contributed by atoms with Crippen LogP contribution in [-0.2, 0) is 0 Å². The molecule has 0 bridgehead atoms. The average molecular weight is 236 g/mol. The van der Waals surface area contributed by atoms with Gasteiger partial charge in [-0.15, -0.1) is 0 Å². The minimum atomic E-state index is -0.0991. The summed E-state index contributed by atoms with van der Waals surface area (Å²) in [6.07, 6.45) is 5.29. The van der Waals surface area contributed by atoms with E-state index in [9.17, 15) is 4.79 Å². The van der Waals surface area contributed by atoms with E-state index >= 15 is 0 Å². The number of hydrogen-bond acceptors (Lipinski definition) is 3. The van der Waals surface area contributed by atoms with E-state index in [1.807, 2.05) is 0 Å². The van der Waals surface area contributed by atoms with Crippen LogP contribution >= 0.6 is 0 Å². The van der Waals surface area contributed by atoms with Gasteiger partial charge in [-0.25, -0.2) is 4.98 Å². The number of rotatable bonds is 3. The van der Waals surface area contributed by atoms with Gasteiger partial charge < -0.3 is 15.2 Å². The number of aromatic amines is 1. The fraction of sp³-hybridized carbons (Fsp3) is 0.667. The van der Waals surface area contributed by atoms with Crippen molar-refractivity contribution in [3.8, 4) is 0 Å². The number of nitrogens with one attached hydrogen (secondary N) is 2. The second-order valence-electron chi connectivity index (χ2n) is 4.82. The SMILES string of the molecule is CC(C)N1CCC(NC(=O)c2ncc[nH]2)CC1. The van der Waals surface area contributed by atoms with Crippen molar-refractivity contribution in [2.24, 2.45) is 0 Å². The lowest BCUT2D eigenvalue weighted by Crippen LogP contribution is -2.46. The normalized spacial score (nSPS) is 18.5. The van der Waals surface area contributed by atoms with Gasteiger partial charge >= 0.3 is 0 Å². The predicted octanol–water partition coefficient (Wildman–Crippen LogP) is 1.01. The lowest BCUT2D eigenvalue weighted by atomic mass is 10.0. The van der Waals surface area contributed by atoms with Crippen molar-refractivity contribution in [2.45, 2.75) is 38.8 Å². The molecule has 2 N–H and O–H groups in total. The number of imidazole rings is 1.